The van der Waals surface area contributed by atoms with Crippen molar-refractivity contribution in [3.05, 3.63) is 87.3 Å². The number of fused-ring (bicyclic) bond motifs is 1. The van der Waals surface area contributed by atoms with Gasteiger partial charge in [-0.15, -0.1) is 6.42 Å². The molecule has 182 valence electrons. The summed E-state index contributed by atoms with van der Waals surface area (Å²) in [5, 5.41) is 4.30. The van der Waals surface area contributed by atoms with Crippen molar-refractivity contribution >= 4 is 35.1 Å². The molecule has 1 N–H and O–H groups in total. The molecule has 6 nitrogen and oxygen atoms in total. The first kappa shape index (κ1) is 26.2. The summed E-state index contributed by atoms with van der Waals surface area (Å²) in [4.78, 5) is 13.4. The summed E-state index contributed by atoms with van der Waals surface area (Å²) < 4.78 is 29.9. The second-order valence-corrected chi connectivity index (χ2v) is 10.3. The van der Waals surface area contributed by atoms with Gasteiger partial charge < -0.3 is 18.8 Å². The summed E-state index contributed by atoms with van der Waals surface area (Å²) in [6.07, 6.45) is 10.8. The molecule has 0 fully saturated rings. The lowest BCUT2D eigenvalue weighted by Gasteiger charge is -2.22. The van der Waals surface area contributed by atoms with E-state index in [1.807, 2.05) is 51.1 Å². The van der Waals surface area contributed by atoms with E-state index >= 15 is 0 Å². The third-order valence-corrected chi connectivity index (χ3v) is 7.70. The fraction of sp³-hybridized carbons (Fsp3) is 0.250. The van der Waals surface area contributed by atoms with Gasteiger partial charge in [-0.2, -0.15) is 0 Å². The van der Waals surface area contributed by atoms with Crippen LogP contribution in [0.2, 0.25) is 0 Å². The summed E-state index contributed by atoms with van der Waals surface area (Å²) in [6, 6.07) is 10.6. The van der Waals surface area contributed by atoms with Crippen molar-refractivity contribution in [1.29, 1.82) is 0 Å². The highest BCUT2D eigenvalue weighted by molar-refractivity contribution is 7.62. The molecule has 35 heavy (non-hydrogen) atoms. The van der Waals surface area contributed by atoms with Crippen LogP contribution in [0.3, 0.4) is 0 Å². The first-order chi connectivity index (χ1) is 16.7. The van der Waals surface area contributed by atoms with Gasteiger partial charge in [0, 0.05) is 30.9 Å². The second kappa shape index (κ2) is 10.9. The van der Waals surface area contributed by atoms with Crippen molar-refractivity contribution < 1.29 is 18.0 Å². The van der Waals surface area contributed by atoms with Gasteiger partial charge in [0.15, 0.2) is 5.43 Å². The van der Waals surface area contributed by atoms with Crippen LogP contribution in [0.5, 0.6) is 0 Å². The third kappa shape index (κ3) is 5.18. The molecule has 0 radical (unpaired) electrons. The van der Waals surface area contributed by atoms with Crippen LogP contribution in [-0.2, 0) is 13.6 Å². The average Bonchev–Trinajstić information content (AvgIpc) is 2.85. The molecular weight excluding hydrogens is 461 g/mol. The SMILES string of the molecule is C#C/C=C(\C=C/C)c1oc2c(C(C)Nc3ccccc3P(=O)(OC)OC)cc(C)cc2c(=O)c1C. The molecule has 0 bridgehead atoms. The molecule has 0 saturated heterocycles. The van der Waals surface area contributed by atoms with E-state index in [0.29, 0.717) is 38.9 Å². The van der Waals surface area contributed by atoms with Gasteiger partial charge in [-0.1, -0.05) is 36.3 Å². The quantitative estimate of drug-likeness (QED) is 0.227. The minimum absolute atomic E-state index is 0.116. The topological polar surface area (TPSA) is 77.8 Å². The fourth-order valence-corrected chi connectivity index (χ4v) is 5.29. The highest BCUT2D eigenvalue weighted by Crippen LogP contribution is 2.47. The van der Waals surface area contributed by atoms with Crippen molar-refractivity contribution in [1.82, 2.24) is 0 Å². The monoisotopic (exact) mass is 491 g/mol. The van der Waals surface area contributed by atoms with Gasteiger partial charge in [-0.05, 0) is 57.5 Å². The Morgan fingerprint density at radius 3 is 2.51 bits per heavy atom. The van der Waals surface area contributed by atoms with Crippen LogP contribution < -0.4 is 16.1 Å². The Morgan fingerprint density at radius 1 is 1.20 bits per heavy atom. The number of rotatable bonds is 8. The molecule has 1 heterocycles. The maximum atomic E-state index is 13.4. The van der Waals surface area contributed by atoms with Gasteiger partial charge in [0.2, 0.25) is 0 Å². The van der Waals surface area contributed by atoms with Gasteiger partial charge in [-0.25, -0.2) is 0 Å². The maximum absolute atomic E-state index is 13.4. The summed E-state index contributed by atoms with van der Waals surface area (Å²) in [6.45, 7) is 7.48. The van der Waals surface area contributed by atoms with Crippen molar-refractivity contribution in [3.63, 3.8) is 0 Å². The Morgan fingerprint density at radius 2 is 1.89 bits per heavy atom. The summed E-state index contributed by atoms with van der Waals surface area (Å²) in [5.41, 5.74) is 3.77. The number of benzene rings is 2. The Kier molecular flexibility index (Phi) is 8.19. The Balaban J connectivity index is 2.22. The molecule has 1 aromatic heterocycles. The van der Waals surface area contributed by atoms with Crippen molar-refractivity contribution in [2.24, 2.45) is 0 Å². The van der Waals surface area contributed by atoms with Crippen LogP contribution in [0.25, 0.3) is 16.5 Å². The molecule has 0 amide bonds. The summed E-state index contributed by atoms with van der Waals surface area (Å²) in [7, 11) is -0.796. The predicted molar refractivity (Wildman–Crippen MR) is 143 cm³/mol. The van der Waals surface area contributed by atoms with E-state index in [4.69, 9.17) is 19.9 Å². The Bertz CT molecular complexity index is 1450. The number of nitrogens with one attached hydrogen (secondary N) is 1. The minimum atomic E-state index is -3.50. The van der Waals surface area contributed by atoms with Crippen molar-refractivity contribution in [2.75, 3.05) is 19.5 Å². The van der Waals surface area contributed by atoms with Gasteiger partial charge >= 0.3 is 7.60 Å². The van der Waals surface area contributed by atoms with Crippen LogP contribution >= 0.6 is 7.60 Å². The number of hydrogen-bond acceptors (Lipinski definition) is 6. The zero-order valence-electron chi connectivity index (χ0n) is 20.8. The summed E-state index contributed by atoms with van der Waals surface area (Å²) in [5.74, 6) is 2.95. The van der Waals surface area contributed by atoms with Gasteiger partial charge in [-0.3, -0.25) is 9.36 Å². The molecule has 0 saturated carbocycles. The molecule has 0 aliphatic rings. The molecule has 7 heteroatoms. The van der Waals surface area contributed by atoms with Gasteiger partial charge in [0.25, 0.3) is 0 Å². The highest BCUT2D eigenvalue weighted by atomic mass is 31.2. The number of aryl methyl sites for hydroxylation is 1. The minimum Gasteiger partial charge on any atom is -0.455 e. The van der Waals surface area contributed by atoms with Crippen molar-refractivity contribution in [3.8, 4) is 12.3 Å². The number of terminal acetylenes is 1. The highest BCUT2D eigenvalue weighted by Gasteiger charge is 2.28. The predicted octanol–water partition coefficient (Wildman–Crippen LogP) is 6.29. The van der Waals surface area contributed by atoms with E-state index in [1.165, 1.54) is 14.2 Å². The molecule has 2 aromatic carbocycles. The molecule has 0 aliphatic heterocycles. The van der Waals surface area contributed by atoms with Crippen LogP contribution in [0.15, 0.2) is 63.8 Å². The lowest BCUT2D eigenvalue weighted by atomic mass is 9.98. The maximum Gasteiger partial charge on any atom is 0.362 e. The molecule has 0 aliphatic carbocycles. The molecule has 3 aromatic rings. The summed E-state index contributed by atoms with van der Waals surface area (Å²) >= 11 is 0. The van der Waals surface area contributed by atoms with Crippen molar-refractivity contribution in [2.45, 2.75) is 33.7 Å². The van der Waals surface area contributed by atoms with Gasteiger partial charge in [0.1, 0.15) is 11.3 Å². The standard InChI is InChI=1S/C28H30NO5P/c1-8-12-21(13-9-2)27-19(4)26(30)23-17-18(3)16-22(28(23)34-27)20(5)29-24-14-10-11-15-25(24)35(31,32-6)33-7/h1,9-17,20,29H,2-7H3/b13-9-,21-12+. The Labute approximate surface area is 206 Å². The second-order valence-electron chi connectivity index (χ2n) is 8.13. The number of para-hydroxylation sites is 1. The number of allylic oxidation sites excluding steroid dienone is 4. The van der Waals surface area contributed by atoms with E-state index < -0.39 is 7.60 Å². The van der Waals surface area contributed by atoms with Crippen LogP contribution in [-0.4, -0.2) is 14.2 Å². The molecular formula is C28H30NO5P. The lowest BCUT2D eigenvalue weighted by molar-refractivity contribution is 0.287. The van der Waals surface area contributed by atoms with Crippen LogP contribution in [0, 0.1) is 26.2 Å². The molecule has 0 spiro atoms. The molecule has 1 atom stereocenters. The number of hydrogen-bond donors (Lipinski definition) is 1. The third-order valence-electron chi connectivity index (χ3n) is 5.76. The average molecular weight is 492 g/mol. The first-order valence-corrected chi connectivity index (χ1v) is 12.7. The first-order valence-electron chi connectivity index (χ1n) is 11.2. The van der Waals surface area contributed by atoms with Gasteiger partial charge in [0.05, 0.1) is 22.4 Å². The zero-order valence-corrected chi connectivity index (χ0v) is 21.7. The number of anilines is 1. The van der Waals surface area contributed by atoms with E-state index in [0.717, 1.165) is 11.1 Å². The smallest absolute Gasteiger partial charge is 0.362 e. The normalized spacial score (nSPS) is 13.2. The van der Waals surface area contributed by atoms with E-state index in [2.05, 4.69) is 11.2 Å². The van der Waals surface area contributed by atoms with Crippen LogP contribution in [0.1, 0.15) is 42.3 Å². The fourth-order valence-electron chi connectivity index (χ4n) is 4.04. The molecule has 1 unspecified atom stereocenters. The van der Waals surface area contributed by atoms with Crippen LogP contribution in [0.4, 0.5) is 5.69 Å². The molecule has 3 rings (SSSR count). The van der Waals surface area contributed by atoms with E-state index in [9.17, 15) is 9.36 Å². The van der Waals surface area contributed by atoms with E-state index in [-0.39, 0.29) is 11.5 Å². The lowest BCUT2D eigenvalue weighted by Crippen LogP contribution is -2.18. The van der Waals surface area contributed by atoms with E-state index in [1.54, 1.807) is 31.2 Å². The largest absolute Gasteiger partial charge is 0.455 e. The zero-order chi connectivity index (χ0) is 25.8. The Hall–Kier alpha value is -3.36.